The van der Waals surface area contributed by atoms with Crippen molar-refractivity contribution in [3.63, 3.8) is 0 Å². The molecule has 2 aromatic rings. The number of rotatable bonds is 3. The molecule has 0 fully saturated rings. The Morgan fingerprint density at radius 1 is 1.04 bits per heavy atom. The van der Waals surface area contributed by atoms with Crippen molar-refractivity contribution in [3.05, 3.63) is 71.3 Å². The lowest BCUT2D eigenvalue weighted by Crippen LogP contribution is -2.27. The highest BCUT2D eigenvalue weighted by Crippen LogP contribution is 2.21. The maximum Gasteiger partial charge on any atom is 0.243 e. The van der Waals surface area contributed by atoms with Crippen LogP contribution >= 0.6 is 0 Å². The van der Waals surface area contributed by atoms with Gasteiger partial charge in [0.15, 0.2) is 0 Å². The van der Waals surface area contributed by atoms with Crippen LogP contribution in [0.25, 0.3) is 0 Å². The normalized spacial score (nSPS) is 12.7. The molecule has 0 radical (unpaired) electrons. The van der Waals surface area contributed by atoms with Crippen LogP contribution in [0.5, 0.6) is 0 Å². The summed E-state index contributed by atoms with van der Waals surface area (Å²) in [6, 6.07) is 16.0. The largest absolute Gasteiger partial charge is 0.376 e. The van der Waals surface area contributed by atoms with Gasteiger partial charge >= 0.3 is 0 Å². The molecule has 2 atom stereocenters. The second kappa shape index (κ2) is 7.59. The summed E-state index contributed by atoms with van der Waals surface area (Å²) in [6.45, 7) is 3.02. The Hall–Kier alpha value is -2.61. The molecule has 2 unspecified atom stereocenters. The summed E-state index contributed by atoms with van der Waals surface area (Å²) in [4.78, 5) is 11.2. The van der Waals surface area contributed by atoms with Crippen LogP contribution in [0.4, 0.5) is 0 Å². The van der Waals surface area contributed by atoms with E-state index in [4.69, 9.17) is 0 Å². The van der Waals surface area contributed by atoms with E-state index in [1.165, 1.54) is 6.92 Å². The van der Waals surface area contributed by atoms with Gasteiger partial charge in [-0.25, -0.2) is 5.06 Å². The third kappa shape index (κ3) is 4.43. The number of carbonyl (C=O) groups excluding carboxylic acids is 1. The van der Waals surface area contributed by atoms with Crippen LogP contribution in [0.2, 0.25) is 0 Å². The van der Waals surface area contributed by atoms with Crippen molar-refractivity contribution < 1.29 is 15.1 Å². The average Bonchev–Trinajstić information content (AvgIpc) is 2.59. The lowest BCUT2D eigenvalue weighted by molar-refractivity contribution is -0.172. The Balaban J connectivity index is 2.10. The molecule has 4 heteroatoms. The second-order valence-electron chi connectivity index (χ2n) is 5.24. The van der Waals surface area contributed by atoms with Crippen LogP contribution in [-0.4, -0.2) is 21.3 Å². The number of hydroxylamine groups is 2. The van der Waals surface area contributed by atoms with Crippen LogP contribution in [0, 0.1) is 11.8 Å². The number of benzene rings is 2. The summed E-state index contributed by atoms with van der Waals surface area (Å²) in [5.41, 5.74) is 2.28. The Bertz CT molecular complexity index is 714. The first-order chi connectivity index (χ1) is 11.0. The fourth-order valence-electron chi connectivity index (χ4n) is 2.13. The van der Waals surface area contributed by atoms with Crippen LogP contribution in [0.3, 0.4) is 0 Å². The Morgan fingerprint density at radius 3 is 2.17 bits per heavy atom. The zero-order valence-electron chi connectivity index (χ0n) is 13.1. The summed E-state index contributed by atoms with van der Waals surface area (Å²) in [6.07, 6.45) is -0.891. The molecule has 23 heavy (non-hydrogen) atoms. The second-order valence-corrected chi connectivity index (χ2v) is 5.24. The molecular weight excluding hydrogens is 290 g/mol. The maximum atomic E-state index is 11.2. The minimum Gasteiger partial charge on any atom is -0.376 e. The summed E-state index contributed by atoms with van der Waals surface area (Å²) in [5, 5.41) is 20.5. The Morgan fingerprint density at radius 2 is 1.61 bits per heavy atom. The van der Waals surface area contributed by atoms with Gasteiger partial charge in [-0.15, -0.1) is 0 Å². The van der Waals surface area contributed by atoms with Gasteiger partial charge in [-0.3, -0.25) is 10.0 Å². The molecule has 1 amide bonds. The smallest absolute Gasteiger partial charge is 0.243 e. The molecule has 4 nitrogen and oxygen atoms in total. The predicted octanol–water partition coefficient (Wildman–Crippen LogP) is 3.07. The highest BCUT2D eigenvalue weighted by atomic mass is 16.5. The summed E-state index contributed by atoms with van der Waals surface area (Å²) in [5.74, 6) is 5.30. The van der Waals surface area contributed by atoms with Gasteiger partial charge in [-0.2, -0.15) is 0 Å². The zero-order chi connectivity index (χ0) is 16.8. The molecule has 2 aromatic carbocycles. The number of carbonyl (C=O) groups is 1. The van der Waals surface area contributed by atoms with E-state index in [0.717, 1.165) is 11.1 Å². The highest BCUT2D eigenvalue weighted by molar-refractivity contribution is 5.72. The van der Waals surface area contributed by atoms with Gasteiger partial charge in [0, 0.05) is 12.5 Å². The molecule has 0 aromatic heterocycles. The minimum atomic E-state index is -0.891. The average molecular weight is 309 g/mol. The minimum absolute atomic E-state index is 0.421. The van der Waals surface area contributed by atoms with Crippen molar-refractivity contribution in [1.29, 1.82) is 0 Å². The number of aliphatic hydroxyl groups is 1. The van der Waals surface area contributed by atoms with Crippen molar-refractivity contribution >= 4 is 5.91 Å². The maximum absolute atomic E-state index is 11.2. The quantitative estimate of drug-likeness (QED) is 0.520. The van der Waals surface area contributed by atoms with Crippen molar-refractivity contribution in [2.45, 2.75) is 26.0 Å². The van der Waals surface area contributed by atoms with Crippen LogP contribution in [-0.2, 0) is 4.79 Å². The van der Waals surface area contributed by atoms with Gasteiger partial charge < -0.3 is 5.11 Å². The van der Waals surface area contributed by atoms with Crippen molar-refractivity contribution in [3.8, 4) is 11.8 Å². The lowest BCUT2D eigenvalue weighted by atomic mass is 10.0. The van der Waals surface area contributed by atoms with Gasteiger partial charge in [0.25, 0.3) is 0 Å². The first-order valence-corrected chi connectivity index (χ1v) is 7.32. The number of aliphatic hydroxyl groups excluding tert-OH is 1. The molecule has 0 aliphatic rings. The summed E-state index contributed by atoms with van der Waals surface area (Å²) in [7, 11) is 0. The fourth-order valence-corrected chi connectivity index (χ4v) is 2.13. The van der Waals surface area contributed by atoms with Crippen molar-refractivity contribution in [1.82, 2.24) is 5.06 Å². The van der Waals surface area contributed by atoms with E-state index in [-0.39, 0.29) is 0 Å². The van der Waals surface area contributed by atoms with Crippen LogP contribution in [0.15, 0.2) is 54.6 Å². The third-order valence-corrected chi connectivity index (χ3v) is 3.55. The van der Waals surface area contributed by atoms with Gasteiger partial charge in [0.05, 0.1) is 6.04 Å². The topological polar surface area (TPSA) is 60.8 Å². The highest BCUT2D eigenvalue weighted by Gasteiger charge is 2.16. The van der Waals surface area contributed by atoms with Crippen molar-refractivity contribution in [2.24, 2.45) is 0 Å². The molecule has 0 aliphatic carbocycles. The molecule has 118 valence electrons. The van der Waals surface area contributed by atoms with E-state index in [9.17, 15) is 15.1 Å². The molecule has 0 spiro atoms. The molecule has 2 N–H and O–H groups in total. The van der Waals surface area contributed by atoms with Gasteiger partial charge in [-0.05, 0) is 30.2 Å². The molecule has 2 rings (SSSR count). The van der Waals surface area contributed by atoms with Crippen LogP contribution in [0.1, 0.15) is 42.7 Å². The molecule has 0 bridgehead atoms. The monoisotopic (exact) mass is 309 g/mol. The SMILES string of the molecule is CC(=O)N(O)C(C)c1ccc(C(O)C#Cc2ccccc2)cc1. The molecule has 0 aliphatic heterocycles. The molecule has 0 saturated heterocycles. The molecule has 0 heterocycles. The van der Waals surface area contributed by atoms with E-state index in [2.05, 4.69) is 11.8 Å². The summed E-state index contributed by atoms with van der Waals surface area (Å²) >= 11 is 0. The molecule has 0 saturated carbocycles. The number of amides is 1. The van der Waals surface area contributed by atoms with Gasteiger partial charge in [0.2, 0.25) is 5.91 Å². The molecular formula is C19H19NO3. The lowest BCUT2D eigenvalue weighted by Gasteiger charge is -2.21. The van der Waals surface area contributed by atoms with Crippen molar-refractivity contribution in [2.75, 3.05) is 0 Å². The number of nitrogens with zero attached hydrogens (tertiary/aromatic N) is 1. The van der Waals surface area contributed by atoms with Gasteiger partial charge in [-0.1, -0.05) is 54.3 Å². The van der Waals surface area contributed by atoms with E-state index >= 15 is 0 Å². The summed E-state index contributed by atoms with van der Waals surface area (Å²) < 4.78 is 0. The third-order valence-electron chi connectivity index (χ3n) is 3.55. The first-order valence-electron chi connectivity index (χ1n) is 7.32. The van der Waals surface area contributed by atoms with E-state index in [0.29, 0.717) is 10.6 Å². The van der Waals surface area contributed by atoms with E-state index in [1.807, 2.05) is 30.3 Å². The Labute approximate surface area is 136 Å². The predicted molar refractivity (Wildman–Crippen MR) is 87.4 cm³/mol. The standard InChI is InChI=1S/C19H19NO3/c1-14(20(23)15(2)21)17-9-11-18(12-10-17)19(22)13-8-16-6-4-3-5-7-16/h3-7,9-12,14,19,22-23H,1-2H3. The van der Waals surface area contributed by atoms with E-state index < -0.39 is 18.1 Å². The number of hydrogen-bond acceptors (Lipinski definition) is 3. The fraction of sp³-hybridized carbons (Fsp3) is 0.211. The van der Waals surface area contributed by atoms with Crippen LogP contribution < -0.4 is 0 Å². The zero-order valence-corrected chi connectivity index (χ0v) is 13.1. The first kappa shape index (κ1) is 16.8. The number of hydrogen-bond donors (Lipinski definition) is 2. The van der Waals surface area contributed by atoms with E-state index in [1.54, 1.807) is 31.2 Å². The van der Waals surface area contributed by atoms with Gasteiger partial charge in [0.1, 0.15) is 6.10 Å². The Kier molecular flexibility index (Phi) is 5.53.